The molecule has 3 aromatic rings. The van der Waals surface area contributed by atoms with Crippen molar-refractivity contribution in [2.75, 3.05) is 51.7 Å². The van der Waals surface area contributed by atoms with Gasteiger partial charge in [-0.25, -0.2) is 9.97 Å². The average Bonchev–Trinajstić information content (AvgIpc) is 2.82. The summed E-state index contributed by atoms with van der Waals surface area (Å²) >= 11 is 6.08. The molecule has 0 bridgehead atoms. The number of hydrogen-bond donors (Lipinski definition) is 1. The lowest BCUT2D eigenvalue weighted by atomic mass is 10.2. The molecule has 0 spiro atoms. The van der Waals surface area contributed by atoms with Crippen LogP contribution in [0.2, 0.25) is 5.02 Å². The Kier molecular flexibility index (Phi) is 4.52. The van der Waals surface area contributed by atoms with E-state index < -0.39 is 33.2 Å². The molecule has 0 amide bonds. The molecule has 1 aliphatic rings. The zero-order valence-electron chi connectivity index (χ0n) is 22.9. The van der Waals surface area contributed by atoms with Gasteiger partial charge in [0.2, 0.25) is 0 Å². The van der Waals surface area contributed by atoms with Gasteiger partial charge in [0.05, 0.1) is 39.2 Å². The average molecular weight is 436 g/mol. The monoisotopic (exact) mass is 435 g/mol. The quantitative estimate of drug-likeness (QED) is 0.533. The third kappa shape index (κ3) is 5.11. The maximum Gasteiger partial charge on any atom is 0.162 e. The van der Waals surface area contributed by atoms with Crippen molar-refractivity contribution in [1.29, 1.82) is 0 Å². The van der Waals surface area contributed by atoms with E-state index in [-0.39, 0.29) is 24.7 Å². The summed E-state index contributed by atoms with van der Waals surface area (Å²) in [5, 5.41) is 4.26. The van der Waals surface area contributed by atoms with Crippen LogP contribution in [-0.2, 0) is 4.74 Å². The van der Waals surface area contributed by atoms with Crippen LogP contribution in [0.1, 0.15) is 16.0 Å². The summed E-state index contributed by atoms with van der Waals surface area (Å²) in [6.07, 6.45) is 1.68. The van der Waals surface area contributed by atoms with Crippen molar-refractivity contribution in [2.24, 2.45) is 0 Å². The Morgan fingerprint density at radius 2 is 2.13 bits per heavy atom. The number of ether oxygens (including phenoxy) is 3. The highest BCUT2D eigenvalue weighted by molar-refractivity contribution is 6.30. The number of morpholine rings is 1. The summed E-state index contributed by atoms with van der Waals surface area (Å²) in [6.45, 7) is -4.38. The smallest absolute Gasteiger partial charge is 0.162 e. The number of nitrogens with one attached hydrogen (secondary N) is 1. The second kappa shape index (κ2) is 9.93. The minimum absolute atomic E-state index is 0.0274. The van der Waals surface area contributed by atoms with Gasteiger partial charge in [-0.1, -0.05) is 17.7 Å². The number of anilines is 2. The fourth-order valence-corrected chi connectivity index (χ4v) is 3.15. The summed E-state index contributed by atoms with van der Waals surface area (Å²) in [4.78, 5) is 9.92. The molecule has 158 valence electrons. The highest BCUT2D eigenvalue weighted by Gasteiger charge is 2.13. The molecule has 0 radical (unpaired) electrons. The van der Waals surface area contributed by atoms with Crippen molar-refractivity contribution in [1.82, 2.24) is 14.9 Å². The fraction of sp³-hybridized carbons (Fsp3) is 0.364. The second-order valence-electron chi connectivity index (χ2n) is 6.42. The zero-order chi connectivity index (χ0) is 26.7. The number of fused-ring (bicyclic) bond motifs is 1. The SMILES string of the molecule is [2H]C1OC([2H])C([2H])N(CCCOc2cc3c(Nc4cccc(Cl)c4)ncnc3cc2OC([2H])([2H])[2H])C1[2H]. The number of halogens is 1. The van der Waals surface area contributed by atoms with E-state index in [1.165, 1.54) is 17.3 Å². The van der Waals surface area contributed by atoms with E-state index in [0.717, 1.165) is 0 Å². The first-order chi connectivity index (χ1) is 17.5. The van der Waals surface area contributed by atoms with Crippen molar-refractivity contribution >= 4 is 34.0 Å². The normalized spacial score (nSPS) is 28.2. The Balaban J connectivity index is 1.55. The molecular weight excluding hydrogens is 404 g/mol. The second-order valence-corrected chi connectivity index (χ2v) is 6.86. The first-order valence-corrected chi connectivity index (χ1v) is 9.63. The van der Waals surface area contributed by atoms with Crippen LogP contribution >= 0.6 is 11.6 Å². The molecule has 1 saturated heterocycles. The zero-order valence-corrected chi connectivity index (χ0v) is 16.7. The molecule has 0 aliphatic carbocycles. The Labute approximate surface area is 190 Å². The van der Waals surface area contributed by atoms with E-state index in [1.54, 1.807) is 24.3 Å². The lowest BCUT2D eigenvalue weighted by Crippen LogP contribution is -2.37. The van der Waals surface area contributed by atoms with Crippen LogP contribution in [0.5, 0.6) is 11.5 Å². The Morgan fingerprint density at radius 1 is 1.23 bits per heavy atom. The van der Waals surface area contributed by atoms with Gasteiger partial charge in [0.15, 0.2) is 11.5 Å². The van der Waals surface area contributed by atoms with E-state index in [4.69, 9.17) is 35.4 Å². The summed E-state index contributed by atoms with van der Waals surface area (Å²) in [7, 11) is -2.72. The molecule has 1 aromatic heterocycles. The van der Waals surface area contributed by atoms with Gasteiger partial charge in [-0.15, -0.1) is 0 Å². The molecule has 30 heavy (non-hydrogen) atoms. The predicted molar refractivity (Wildman–Crippen MR) is 118 cm³/mol. The number of hydrogen-bond acceptors (Lipinski definition) is 7. The first kappa shape index (κ1) is 13.6. The van der Waals surface area contributed by atoms with Crippen LogP contribution in [0, 0.1) is 0 Å². The number of methoxy groups -OCH3 is 1. The molecule has 4 unspecified atom stereocenters. The number of nitrogens with zero attached hydrogens (tertiary/aromatic N) is 3. The van der Waals surface area contributed by atoms with Crippen molar-refractivity contribution in [3.05, 3.63) is 47.7 Å². The van der Waals surface area contributed by atoms with Crippen molar-refractivity contribution in [3.63, 3.8) is 0 Å². The minimum atomic E-state index is -2.72. The summed E-state index contributed by atoms with van der Waals surface area (Å²) in [5.74, 6) is 0.569. The molecule has 0 saturated carbocycles. The van der Waals surface area contributed by atoms with Crippen molar-refractivity contribution in [2.45, 2.75) is 6.42 Å². The molecular formula is C22H25ClN4O3. The van der Waals surface area contributed by atoms with Gasteiger partial charge < -0.3 is 19.5 Å². The summed E-state index contributed by atoms with van der Waals surface area (Å²) < 4.78 is 70.2. The standard InChI is InChI=1S/C22H25ClN4O3/c1-28-20-14-19-18(13-21(20)30-9-3-6-27-7-10-29-11-8-27)22(25-15-24-19)26-17-5-2-4-16(23)12-17/h2,4-5,12-15H,3,6-11H2,1H3,(H,24,25,26)/i1D3,7D,8D,10D,11D. The van der Waals surface area contributed by atoms with Crippen LogP contribution in [-0.4, -0.2) is 61.3 Å². The third-order valence-corrected chi connectivity index (χ3v) is 4.61. The highest BCUT2D eigenvalue weighted by Crippen LogP contribution is 2.35. The molecule has 8 heteroatoms. The van der Waals surface area contributed by atoms with Crippen molar-refractivity contribution in [3.8, 4) is 11.5 Å². The number of benzene rings is 2. The topological polar surface area (TPSA) is 68.7 Å². The Bertz CT molecular complexity index is 1220. The van der Waals surface area contributed by atoms with Gasteiger partial charge in [0, 0.05) is 44.5 Å². The molecule has 1 aliphatic heterocycles. The van der Waals surface area contributed by atoms with Gasteiger partial charge >= 0.3 is 0 Å². The molecule has 7 nitrogen and oxygen atoms in total. The van der Waals surface area contributed by atoms with Gasteiger partial charge in [0.25, 0.3) is 0 Å². The third-order valence-electron chi connectivity index (χ3n) is 4.38. The Hall–Kier alpha value is -2.61. The maximum atomic E-state index is 8.06. The molecule has 4 atom stereocenters. The van der Waals surface area contributed by atoms with Crippen LogP contribution in [0.25, 0.3) is 10.9 Å². The summed E-state index contributed by atoms with van der Waals surface area (Å²) in [6, 6.07) is 10.1. The van der Waals surface area contributed by atoms with Gasteiger partial charge in [-0.2, -0.15) is 0 Å². The van der Waals surface area contributed by atoms with E-state index >= 15 is 0 Å². The molecule has 4 rings (SSSR count). The van der Waals surface area contributed by atoms with Crippen LogP contribution in [0.4, 0.5) is 11.5 Å². The van der Waals surface area contributed by atoms with E-state index in [1.807, 2.05) is 6.07 Å². The predicted octanol–water partition coefficient (Wildman–Crippen LogP) is 4.14. The molecule has 2 aromatic carbocycles. The van der Waals surface area contributed by atoms with E-state index in [9.17, 15) is 0 Å². The highest BCUT2D eigenvalue weighted by atomic mass is 35.5. The Morgan fingerprint density at radius 3 is 2.97 bits per heavy atom. The van der Waals surface area contributed by atoms with E-state index in [0.29, 0.717) is 33.9 Å². The van der Waals surface area contributed by atoms with Gasteiger partial charge in [0.1, 0.15) is 12.1 Å². The van der Waals surface area contributed by atoms with E-state index in [2.05, 4.69) is 15.3 Å². The number of aromatic nitrogens is 2. The maximum absolute atomic E-state index is 8.06. The lowest BCUT2D eigenvalue weighted by Gasteiger charge is -2.26. The molecule has 1 N–H and O–H groups in total. The minimum Gasteiger partial charge on any atom is -0.493 e. The van der Waals surface area contributed by atoms with Gasteiger partial charge in [-0.05, 0) is 30.7 Å². The number of rotatable bonds is 8. The van der Waals surface area contributed by atoms with Crippen LogP contribution in [0.15, 0.2) is 42.7 Å². The first-order valence-electron chi connectivity index (χ1n) is 13.1. The van der Waals surface area contributed by atoms with Crippen LogP contribution < -0.4 is 14.8 Å². The molecule has 1 fully saturated rings. The fourth-order valence-electron chi connectivity index (χ4n) is 2.96. The van der Waals surface area contributed by atoms with Crippen molar-refractivity contribution < 1.29 is 23.8 Å². The largest absolute Gasteiger partial charge is 0.493 e. The van der Waals surface area contributed by atoms with Crippen LogP contribution in [0.3, 0.4) is 0 Å². The molecule has 2 heterocycles. The lowest BCUT2D eigenvalue weighted by molar-refractivity contribution is 0.0357. The van der Waals surface area contributed by atoms with Gasteiger partial charge in [-0.3, -0.25) is 4.90 Å². The summed E-state index contributed by atoms with van der Waals surface area (Å²) in [5.41, 5.74) is 1.12.